The van der Waals surface area contributed by atoms with E-state index in [-0.39, 0.29) is 23.1 Å². The van der Waals surface area contributed by atoms with Gasteiger partial charge >= 0.3 is 6.18 Å². The maximum absolute atomic E-state index is 12.7. The summed E-state index contributed by atoms with van der Waals surface area (Å²) in [6, 6.07) is 4.70. The fraction of sp³-hybridized carbons (Fsp3) is 0.312. The molecule has 1 heterocycles. The van der Waals surface area contributed by atoms with Crippen molar-refractivity contribution >= 4 is 17.5 Å². The van der Waals surface area contributed by atoms with E-state index in [9.17, 15) is 18.0 Å². The minimum atomic E-state index is -4.42. The molecule has 0 fully saturated rings. The van der Waals surface area contributed by atoms with Gasteiger partial charge in [0, 0.05) is 31.2 Å². The van der Waals surface area contributed by atoms with E-state index in [1.807, 2.05) is 19.0 Å². The van der Waals surface area contributed by atoms with E-state index >= 15 is 0 Å². The first-order chi connectivity index (χ1) is 11.8. The van der Waals surface area contributed by atoms with Gasteiger partial charge in [-0.3, -0.25) is 4.79 Å². The summed E-state index contributed by atoms with van der Waals surface area (Å²) in [5.41, 5.74) is -0.291. The van der Waals surface area contributed by atoms with Gasteiger partial charge in [-0.25, -0.2) is 9.97 Å². The molecule has 25 heavy (non-hydrogen) atoms. The van der Waals surface area contributed by atoms with E-state index < -0.39 is 11.7 Å². The largest absolute Gasteiger partial charge is 0.416 e. The average molecular weight is 353 g/mol. The van der Waals surface area contributed by atoms with Crippen molar-refractivity contribution in [3.05, 3.63) is 47.8 Å². The van der Waals surface area contributed by atoms with Crippen molar-refractivity contribution in [2.75, 3.05) is 32.5 Å². The molecular formula is C16H18F3N5O. The number of carbonyl (C=O) groups is 1. The normalized spacial score (nSPS) is 11.4. The topological polar surface area (TPSA) is 70.2 Å². The number of rotatable bonds is 6. The van der Waals surface area contributed by atoms with Crippen molar-refractivity contribution < 1.29 is 18.0 Å². The lowest BCUT2D eigenvalue weighted by atomic mass is 10.2. The molecule has 0 unspecified atom stereocenters. The standard InChI is InChI=1S/C16H18F3N5O/c1-24(2)7-6-20-14(25)11-9-21-15(22-10-11)23-13-5-3-4-12(8-13)16(17,18)19/h3-5,8-10H,6-7H2,1-2H3,(H,20,25)(H,21,22,23). The van der Waals surface area contributed by atoms with Crippen LogP contribution in [-0.4, -0.2) is 48.0 Å². The van der Waals surface area contributed by atoms with E-state index in [1.165, 1.54) is 24.5 Å². The number of nitrogens with one attached hydrogen (secondary N) is 2. The highest BCUT2D eigenvalue weighted by molar-refractivity contribution is 5.93. The van der Waals surface area contributed by atoms with Crippen LogP contribution in [0.2, 0.25) is 0 Å². The Kier molecular flexibility index (Phi) is 5.92. The molecule has 2 rings (SSSR count). The van der Waals surface area contributed by atoms with Crippen LogP contribution in [0.5, 0.6) is 0 Å². The summed E-state index contributed by atoms with van der Waals surface area (Å²) in [6.45, 7) is 1.18. The molecule has 2 aromatic rings. The van der Waals surface area contributed by atoms with Gasteiger partial charge in [0.1, 0.15) is 0 Å². The number of nitrogens with zero attached hydrogens (tertiary/aromatic N) is 3. The molecule has 0 aliphatic heterocycles. The molecule has 0 atom stereocenters. The Morgan fingerprint density at radius 1 is 1.20 bits per heavy atom. The SMILES string of the molecule is CN(C)CCNC(=O)c1cnc(Nc2cccc(C(F)(F)F)c2)nc1. The third-order valence-electron chi connectivity index (χ3n) is 3.20. The number of likely N-dealkylation sites (N-methyl/N-ethyl adjacent to an activating group) is 1. The smallest absolute Gasteiger partial charge is 0.351 e. The van der Waals surface area contributed by atoms with Crippen LogP contribution in [0.1, 0.15) is 15.9 Å². The number of anilines is 2. The molecule has 9 heteroatoms. The van der Waals surface area contributed by atoms with Gasteiger partial charge in [-0.2, -0.15) is 13.2 Å². The van der Waals surface area contributed by atoms with Gasteiger partial charge in [0.15, 0.2) is 0 Å². The van der Waals surface area contributed by atoms with Crippen LogP contribution in [-0.2, 0) is 6.18 Å². The molecule has 0 aliphatic rings. The first-order valence-corrected chi connectivity index (χ1v) is 7.45. The van der Waals surface area contributed by atoms with Gasteiger partial charge in [0.2, 0.25) is 5.95 Å². The first-order valence-electron chi connectivity index (χ1n) is 7.45. The van der Waals surface area contributed by atoms with Crippen LogP contribution in [0.25, 0.3) is 0 Å². The van der Waals surface area contributed by atoms with Gasteiger partial charge in [0.05, 0.1) is 11.1 Å². The zero-order valence-corrected chi connectivity index (χ0v) is 13.8. The summed E-state index contributed by atoms with van der Waals surface area (Å²) >= 11 is 0. The molecule has 0 aliphatic carbocycles. The summed E-state index contributed by atoms with van der Waals surface area (Å²) in [5, 5.41) is 5.40. The lowest BCUT2D eigenvalue weighted by Gasteiger charge is -2.11. The van der Waals surface area contributed by atoms with E-state index in [0.717, 1.165) is 12.1 Å². The second kappa shape index (κ2) is 7.93. The van der Waals surface area contributed by atoms with Crippen molar-refractivity contribution in [1.29, 1.82) is 0 Å². The molecule has 134 valence electrons. The fourth-order valence-electron chi connectivity index (χ4n) is 1.91. The van der Waals surface area contributed by atoms with Crippen molar-refractivity contribution in [2.24, 2.45) is 0 Å². The minimum Gasteiger partial charge on any atom is -0.351 e. The number of hydrogen-bond donors (Lipinski definition) is 2. The van der Waals surface area contributed by atoms with Gasteiger partial charge in [0.25, 0.3) is 5.91 Å². The van der Waals surface area contributed by atoms with Crippen molar-refractivity contribution in [1.82, 2.24) is 20.2 Å². The monoisotopic (exact) mass is 353 g/mol. The summed E-state index contributed by atoms with van der Waals surface area (Å²) < 4.78 is 38.1. The number of amides is 1. The molecule has 1 aromatic heterocycles. The van der Waals surface area contributed by atoms with Crippen LogP contribution in [0.15, 0.2) is 36.7 Å². The third-order valence-corrected chi connectivity index (χ3v) is 3.20. The first kappa shape index (κ1) is 18.7. The maximum Gasteiger partial charge on any atom is 0.416 e. The zero-order valence-electron chi connectivity index (χ0n) is 13.8. The second-order valence-corrected chi connectivity index (χ2v) is 5.56. The van der Waals surface area contributed by atoms with Crippen LogP contribution in [0, 0.1) is 0 Å². The number of alkyl halides is 3. The molecule has 1 aromatic carbocycles. The number of carbonyl (C=O) groups excluding carboxylic acids is 1. The molecule has 1 amide bonds. The second-order valence-electron chi connectivity index (χ2n) is 5.56. The Morgan fingerprint density at radius 3 is 2.48 bits per heavy atom. The minimum absolute atomic E-state index is 0.101. The van der Waals surface area contributed by atoms with E-state index in [0.29, 0.717) is 13.1 Å². The Balaban J connectivity index is 2.00. The predicted octanol–water partition coefficient (Wildman–Crippen LogP) is 2.53. The highest BCUT2D eigenvalue weighted by Crippen LogP contribution is 2.31. The van der Waals surface area contributed by atoms with E-state index in [1.54, 1.807) is 0 Å². The van der Waals surface area contributed by atoms with Gasteiger partial charge in [-0.1, -0.05) is 6.07 Å². The average Bonchev–Trinajstić information content (AvgIpc) is 2.54. The Morgan fingerprint density at radius 2 is 1.88 bits per heavy atom. The van der Waals surface area contributed by atoms with E-state index in [4.69, 9.17) is 0 Å². The van der Waals surface area contributed by atoms with Gasteiger partial charge in [-0.15, -0.1) is 0 Å². The summed E-state index contributed by atoms with van der Waals surface area (Å²) in [6.07, 6.45) is -1.80. The fourth-order valence-corrected chi connectivity index (χ4v) is 1.91. The van der Waals surface area contributed by atoms with Crippen LogP contribution in [0.4, 0.5) is 24.8 Å². The van der Waals surface area contributed by atoms with Crippen LogP contribution < -0.4 is 10.6 Å². The van der Waals surface area contributed by atoms with Crippen molar-refractivity contribution in [2.45, 2.75) is 6.18 Å². The number of halogens is 3. The Labute approximate surface area is 143 Å². The highest BCUT2D eigenvalue weighted by Gasteiger charge is 2.30. The summed E-state index contributed by atoms with van der Waals surface area (Å²) in [7, 11) is 3.78. The third kappa shape index (κ3) is 5.71. The van der Waals surface area contributed by atoms with Crippen LogP contribution in [0.3, 0.4) is 0 Å². The highest BCUT2D eigenvalue weighted by atomic mass is 19.4. The Bertz CT molecular complexity index is 716. The molecule has 0 saturated carbocycles. The summed E-state index contributed by atoms with van der Waals surface area (Å²) in [4.78, 5) is 21.7. The van der Waals surface area contributed by atoms with Crippen LogP contribution >= 0.6 is 0 Å². The molecule has 0 bridgehead atoms. The van der Waals surface area contributed by atoms with Crippen molar-refractivity contribution in [3.63, 3.8) is 0 Å². The Hall–Kier alpha value is -2.68. The predicted molar refractivity (Wildman–Crippen MR) is 87.6 cm³/mol. The van der Waals surface area contributed by atoms with Crippen molar-refractivity contribution in [3.8, 4) is 0 Å². The molecule has 6 nitrogen and oxygen atoms in total. The molecular weight excluding hydrogens is 335 g/mol. The lowest BCUT2D eigenvalue weighted by Crippen LogP contribution is -2.31. The molecule has 2 N–H and O–H groups in total. The summed E-state index contributed by atoms with van der Waals surface area (Å²) in [5.74, 6) is -0.211. The number of aromatic nitrogens is 2. The number of benzene rings is 1. The molecule has 0 radical (unpaired) electrons. The van der Waals surface area contributed by atoms with Gasteiger partial charge < -0.3 is 15.5 Å². The lowest BCUT2D eigenvalue weighted by molar-refractivity contribution is -0.137. The van der Waals surface area contributed by atoms with Gasteiger partial charge in [-0.05, 0) is 32.3 Å². The quantitative estimate of drug-likeness (QED) is 0.835. The van der Waals surface area contributed by atoms with E-state index in [2.05, 4.69) is 20.6 Å². The maximum atomic E-state index is 12.7. The molecule has 0 saturated heterocycles. The number of hydrogen-bond acceptors (Lipinski definition) is 5. The molecule has 0 spiro atoms. The zero-order chi connectivity index (χ0) is 18.4.